The molecule has 0 radical (unpaired) electrons. The number of para-hydroxylation sites is 2. The average Bonchev–Trinajstić information content (AvgIpc) is 3.80. The van der Waals surface area contributed by atoms with Crippen LogP contribution in [0.15, 0.2) is 120 Å². The Morgan fingerprint density at radius 1 is 0.625 bits per heavy atom. The summed E-state index contributed by atoms with van der Waals surface area (Å²) in [7, 11) is 0. The van der Waals surface area contributed by atoms with E-state index in [0.717, 1.165) is 24.0 Å². The molecule has 3 nitrogen and oxygen atoms in total. The minimum atomic E-state index is 0.0489. The lowest BCUT2D eigenvalue weighted by atomic mass is 9.47. The molecule has 9 aromatic rings. The predicted octanol–water partition coefficient (Wildman–Crippen LogP) is 9.93. The van der Waals surface area contributed by atoms with Crippen molar-refractivity contribution in [3.05, 3.63) is 126 Å². The van der Waals surface area contributed by atoms with Crippen molar-refractivity contribution < 1.29 is 4.42 Å². The molecule has 0 atom stereocenters. The van der Waals surface area contributed by atoms with Gasteiger partial charge < -0.3 is 13.8 Å². The summed E-state index contributed by atoms with van der Waals surface area (Å²) in [5, 5.41) is 7.71. The van der Waals surface area contributed by atoms with Crippen LogP contribution in [0.3, 0.4) is 0 Å². The fourth-order valence-corrected chi connectivity index (χ4v) is 10.2. The van der Waals surface area contributed by atoms with Gasteiger partial charge in [-0.2, -0.15) is 0 Å². The first-order chi connectivity index (χ1) is 23.8. The van der Waals surface area contributed by atoms with Crippen molar-refractivity contribution in [2.24, 2.45) is 0 Å². The Bertz CT molecular complexity index is 2980. The van der Waals surface area contributed by atoms with Crippen LogP contribution in [0.4, 0.5) is 11.4 Å². The highest BCUT2D eigenvalue weighted by Gasteiger charge is 2.49. The third-order valence-corrected chi connectivity index (χ3v) is 12.0. The molecule has 13 rings (SSSR count). The molecule has 0 spiro atoms. The van der Waals surface area contributed by atoms with Gasteiger partial charge in [0.05, 0.1) is 28.1 Å². The Labute approximate surface area is 276 Å². The van der Waals surface area contributed by atoms with Gasteiger partial charge in [0, 0.05) is 32.7 Å². The van der Waals surface area contributed by atoms with E-state index in [0.29, 0.717) is 0 Å². The van der Waals surface area contributed by atoms with E-state index in [4.69, 9.17) is 4.42 Å². The van der Waals surface area contributed by atoms with Crippen molar-refractivity contribution in [2.45, 2.75) is 25.7 Å². The number of benzene rings is 7. The van der Waals surface area contributed by atoms with Crippen molar-refractivity contribution in [3.8, 4) is 27.9 Å². The number of fused-ring (bicyclic) bond motifs is 18. The van der Waals surface area contributed by atoms with Gasteiger partial charge >= 0.3 is 6.85 Å². The van der Waals surface area contributed by atoms with Crippen LogP contribution in [0.1, 0.15) is 24.0 Å². The van der Waals surface area contributed by atoms with Gasteiger partial charge in [-0.05, 0) is 100.0 Å². The molecule has 48 heavy (non-hydrogen) atoms. The molecular formula is C44H27BN2O. The van der Waals surface area contributed by atoms with E-state index in [1.54, 1.807) is 5.56 Å². The lowest BCUT2D eigenvalue weighted by Crippen LogP contribution is -2.56. The van der Waals surface area contributed by atoms with Crippen LogP contribution in [0.25, 0.3) is 82.5 Å². The summed E-state index contributed by atoms with van der Waals surface area (Å²) < 4.78 is 9.44. The minimum absolute atomic E-state index is 0.0489. The largest absolute Gasteiger partial charge is 0.455 e. The second kappa shape index (κ2) is 8.21. The van der Waals surface area contributed by atoms with Crippen molar-refractivity contribution >= 4 is 83.7 Å². The highest BCUT2D eigenvalue weighted by Crippen LogP contribution is 2.57. The second-order valence-electron chi connectivity index (χ2n) is 14.2. The van der Waals surface area contributed by atoms with Crippen LogP contribution in [0.2, 0.25) is 0 Å². The van der Waals surface area contributed by atoms with Gasteiger partial charge in [-0.3, -0.25) is 0 Å². The zero-order valence-electron chi connectivity index (χ0n) is 26.2. The van der Waals surface area contributed by atoms with Crippen molar-refractivity contribution in [3.63, 3.8) is 0 Å². The first-order valence-electron chi connectivity index (χ1n) is 17.4. The highest BCUT2D eigenvalue weighted by atomic mass is 16.3. The van der Waals surface area contributed by atoms with E-state index in [-0.39, 0.29) is 6.85 Å². The molecular weight excluding hydrogens is 583 g/mol. The van der Waals surface area contributed by atoms with E-state index in [1.807, 2.05) is 0 Å². The molecule has 0 unspecified atom stereocenters. The number of hydrogen-bond acceptors (Lipinski definition) is 2. The van der Waals surface area contributed by atoms with Crippen LogP contribution in [0, 0.1) is 0 Å². The van der Waals surface area contributed by atoms with E-state index in [2.05, 4.69) is 125 Å². The fraction of sp³-hybridized carbons (Fsp3) is 0.0909. The van der Waals surface area contributed by atoms with E-state index in [9.17, 15) is 0 Å². The summed E-state index contributed by atoms with van der Waals surface area (Å²) in [6, 6.07) is 43.3. The lowest BCUT2D eigenvalue weighted by molar-refractivity contribution is 0.670. The first kappa shape index (κ1) is 24.4. The molecule has 2 aromatic heterocycles. The van der Waals surface area contributed by atoms with Gasteiger partial charge in [-0.15, -0.1) is 0 Å². The number of aryl methyl sites for hydroxylation is 1. The molecule has 4 heteroatoms. The Kier molecular flexibility index (Phi) is 4.18. The number of furan rings is 1. The molecule has 222 valence electrons. The van der Waals surface area contributed by atoms with E-state index in [1.165, 1.54) is 112 Å². The van der Waals surface area contributed by atoms with Crippen LogP contribution >= 0.6 is 0 Å². The molecule has 1 aliphatic carbocycles. The van der Waals surface area contributed by atoms with Gasteiger partial charge in [0.2, 0.25) is 0 Å². The molecule has 7 aromatic carbocycles. The molecule has 0 saturated heterocycles. The Morgan fingerprint density at radius 2 is 1.42 bits per heavy atom. The van der Waals surface area contributed by atoms with Gasteiger partial charge in [-0.1, -0.05) is 84.9 Å². The monoisotopic (exact) mass is 610 g/mol. The summed E-state index contributed by atoms with van der Waals surface area (Å²) in [6.45, 7) is 0.0489. The van der Waals surface area contributed by atoms with Gasteiger partial charge in [0.25, 0.3) is 0 Å². The summed E-state index contributed by atoms with van der Waals surface area (Å²) >= 11 is 0. The normalized spacial score (nSPS) is 15.1. The number of nitrogens with zero attached hydrogens (tertiary/aromatic N) is 2. The summed E-state index contributed by atoms with van der Waals surface area (Å²) in [6.07, 6.45) is 4.73. The highest BCUT2D eigenvalue weighted by molar-refractivity contribution is 6.95. The number of hydrogen-bond donors (Lipinski definition) is 0. The molecule has 0 saturated carbocycles. The van der Waals surface area contributed by atoms with Crippen molar-refractivity contribution in [1.82, 2.24) is 4.57 Å². The molecule has 5 heterocycles. The van der Waals surface area contributed by atoms with Crippen molar-refractivity contribution in [2.75, 3.05) is 4.81 Å². The van der Waals surface area contributed by atoms with Crippen LogP contribution in [-0.2, 0) is 12.8 Å². The standard InChI is InChI=1S/C44H27BN2O/c1-4-14-27-24(11-1)21-35-43-39(27)32-23-31-28-15-7-10-20-37(28)48-44(31)40-29-16-5-8-18-33(29)45(41(32)40)47(43)36-22-25-12-2-3-13-26(25)38-30-17-6-9-19-34(30)46(35)42(36)38/h2-3,5-10,12-13,15-23H,1,4,11,14H2. The summed E-state index contributed by atoms with van der Waals surface area (Å²) in [5.41, 5.74) is 19.8. The molecule has 3 aliphatic heterocycles. The van der Waals surface area contributed by atoms with Crippen LogP contribution < -0.4 is 15.7 Å². The molecule has 4 aliphatic rings. The molecule has 0 amide bonds. The quantitative estimate of drug-likeness (QED) is 0.159. The lowest BCUT2D eigenvalue weighted by Gasteiger charge is -2.43. The summed E-state index contributed by atoms with van der Waals surface area (Å²) in [5.74, 6) is 0. The smallest absolute Gasteiger partial charge is 0.330 e. The Hall–Kier alpha value is -5.74. The third kappa shape index (κ3) is 2.64. The van der Waals surface area contributed by atoms with Gasteiger partial charge in [0.15, 0.2) is 0 Å². The van der Waals surface area contributed by atoms with Gasteiger partial charge in [0.1, 0.15) is 11.2 Å². The zero-order chi connectivity index (χ0) is 30.8. The summed E-state index contributed by atoms with van der Waals surface area (Å²) in [4.78, 5) is 2.75. The third-order valence-electron chi connectivity index (χ3n) is 12.0. The SMILES string of the molecule is c1ccc2c(c1)B1c3c(cc4c(oc5ccccc54)c3-2)-c2c3c(cc4c2N1c1cc2ccccc2c2c5ccccc5n-4c12)CCCC3. The van der Waals surface area contributed by atoms with Gasteiger partial charge in [-0.25, -0.2) is 0 Å². The number of aromatic nitrogens is 1. The molecule has 0 N–H and O–H groups in total. The average molecular weight is 611 g/mol. The zero-order valence-corrected chi connectivity index (χ0v) is 26.2. The maximum Gasteiger partial charge on any atom is 0.330 e. The Balaban J connectivity index is 1.31. The maximum atomic E-state index is 6.82. The van der Waals surface area contributed by atoms with E-state index >= 15 is 0 Å². The Morgan fingerprint density at radius 3 is 2.38 bits per heavy atom. The first-order valence-corrected chi connectivity index (χ1v) is 17.4. The molecule has 0 bridgehead atoms. The number of anilines is 2. The van der Waals surface area contributed by atoms with Crippen LogP contribution in [-0.4, -0.2) is 11.4 Å². The molecule has 0 fully saturated rings. The predicted molar refractivity (Wildman–Crippen MR) is 200 cm³/mol. The topological polar surface area (TPSA) is 21.3 Å². The second-order valence-corrected chi connectivity index (χ2v) is 14.2. The fourth-order valence-electron chi connectivity index (χ4n) is 10.2. The minimum Gasteiger partial charge on any atom is -0.455 e. The van der Waals surface area contributed by atoms with Crippen LogP contribution in [0.5, 0.6) is 0 Å². The maximum absolute atomic E-state index is 6.82. The number of rotatable bonds is 0. The van der Waals surface area contributed by atoms with Crippen molar-refractivity contribution in [1.29, 1.82) is 0 Å². The van der Waals surface area contributed by atoms with E-state index < -0.39 is 0 Å².